The fourth-order valence-corrected chi connectivity index (χ4v) is 2.86. The highest BCUT2D eigenvalue weighted by Gasteiger charge is 2.05. The maximum atomic E-state index is 6.25. The third-order valence-corrected chi connectivity index (χ3v) is 4.11. The van der Waals surface area contributed by atoms with Crippen LogP contribution >= 0.6 is 34.5 Å². The molecule has 1 N–H and O–H groups in total. The van der Waals surface area contributed by atoms with E-state index in [1.54, 1.807) is 11.3 Å². The number of rotatable bonds is 4. The highest BCUT2D eigenvalue weighted by molar-refractivity contribution is 7.19. The summed E-state index contributed by atoms with van der Waals surface area (Å²) in [6.07, 6.45) is 0. The molecule has 2 aromatic rings. The van der Waals surface area contributed by atoms with E-state index in [2.05, 4.69) is 24.4 Å². The third kappa shape index (κ3) is 3.23. The minimum absolute atomic E-state index is 0.799. The molecule has 0 aliphatic rings. The second-order valence-electron chi connectivity index (χ2n) is 3.69. The predicted octanol–water partition coefficient (Wildman–Crippen LogP) is 4.83. The number of halogens is 2. The minimum atomic E-state index is 0.799. The van der Waals surface area contributed by atoms with Gasteiger partial charge in [-0.05, 0) is 35.9 Å². The Kier molecular flexibility index (Phi) is 4.46. The molecule has 1 aromatic carbocycles. The Hall–Kier alpha value is -0.540. The van der Waals surface area contributed by atoms with Gasteiger partial charge in [0.2, 0.25) is 0 Å². The Morgan fingerprint density at radius 1 is 1.18 bits per heavy atom. The quantitative estimate of drug-likeness (QED) is 0.848. The van der Waals surface area contributed by atoms with E-state index in [0.29, 0.717) is 0 Å². The highest BCUT2D eigenvalue weighted by atomic mass is 35.5. The van der Waals surface area contributed by atoms with Crippen LogP contribution in [0.25, 0.3) is 10.4 Å². The largest absolute Gasteiger partial charge is 0.313 e. The Balaban J connectivity index is 2.24. The Morgan fingerprint density at radius 3 is 2.59 bits per heavy atom. The number of hydrogen-bond acceptors (Lipinski definition) is 2. The van der Waals surface area contributed by atoms with Gasteiger partial charge < -0.3 is 5.32 Å². The lowest BCUT2D eigenvalue weighted by atomic mass is 10.1. The first-order valence-corrected chi connectivity index (χ1v) is 7.03. The van der Waals surface area contributed by atoms with Gasteiger partial charge in [0.05, 0.1) is 4.34 Å². The zero-order valence-corrected chi connectivity index (χ0v) is 11.8. The molecule has 0 radical (unpaired) electrons. The van der Waals surface area contributed by atoms with Crippen LogP contribution in [-0.4, -0.2) is 6.54 Å². The molecule has 90 valence electrons. The monoisotopic (exact) mass is 285 g/mol. The minimum Gasteiger partial charge on any atom is -0.313 e. The second-order valence-corrected chi connectivity index (χ2v) is 5.81. The van der Waals surface area contributed by atoms with Gasteiger partial charge >= 0.3 is 0 Å². The molecule has 0 bridgehead atoms. The fraction of sp³-hybridized carbons (Fsp3) is 0.231. The van der Waals surface area contributed by atoms with E-state index in [1.165, 1.54) is 0 Å². The summed E-state index contributed by atoms with van der Waals surface area (Å²) in [6.45, 7) is 3.83. The van der Waals surface area contributed by atoms with Crippen molar-refractivity contribution in [2.75, 3.05) is 6.54 Å². The van der Waals surface area contributed by atoms with Crippen molar-refractivity contribution in [1.82, 2.24) is 5.32 Å². The van der Waals surface area contributed by atoms with E-state index in [9.17, 15) is 0 Å². The summed E-state index contributed by atoms with van der Waals surface area (Å²) < 4.78 is 0.799. The van der Waals surface area contributed by atoms with Crippen molar-refractivity contribution < 1.29 is 0 Å². The molecule has 0 fully saturated rings. The molecule has 0 saturated carbocycles. The molecule has 2 rings (SSSR count). The van der Waals surface area contributed by atoms with Crippen molar-refractivity contribution in [1.29, 1.82) is 0 Å². The van der Waals surface area contributed by atoms with E-state index in [-0.39, 0.29) is 0 Å². The molecule has 1 nitrogen and oxygen atoms in total. The van der Waals surface area contributed by atoms with Crippen LogP contribution in [0.3, 0.4) is 0 Å². The molecule has 1 heterocycles. The Morgan fingerprint density at radius 2 is 2.00 bits per heavy atom. The summed E-state index contributed by atoms with van der Waals surface area (Å²) in [4.78, 5) is 1.15. The number of thiophene rings is 1. The van der Waals surface area contributed by atoms with Crippen molar-refractivity contribution in [2.45, 2.75) is 13.5 Å². The average molecular weight is 286 g/mol. The molecule has 0 saturated heterocycles. The maximum Gasteiger partial charge on any atom is 0.0934 e. The number of nitrogens with one attached hydrogen (secondary N) is 1. The molecule has 0 spiro atoms. The first kappa shape index (κ1) is 12.9. The van der Waals surface area contributed by atoms with E-state index in [1.807, 2.05) is 18.2 Å². The Labute approximate surface area is 115 Å². The SMILES string of the molecule is CCNCc1ccc(-c2ccc(Cl)s2)cc1Cl. The summed E-state index contributed by atoms with van der Waals surface area (Å²) in [5.41, 5.74) is 2.24. The summed E-state index contributed by atoms with van der Waals surface area (Å²) in [6, 6.07) is 10.1. The van der Waals surface area contributed by atoms with E-state index < -0.39 is 0 Å². The molecular formula is C13H13Cl2NS. The van der Waals surface area contributed by atoms with Gasteiger partial charge in [-0.3, -0.25) is 0 Å². The molecule has 1 aromatic heterocycles. The lowest BCUT2D eigenvalue weighted by Gasteiger charge is -2.06. The molecule has 0 aliphatic carbocycles. The van der Waals surface area contributed by atoms with Crippen LogP contribution in [0.15, 0.2) is 30.3 Å². The van der Waals surface area contributed by atoms with Gasteiger partial charge in [0.15, 0.2) is 0 Å². The van der Waals surface area contributed by atoms with Gasteiger partial charge in [-0.25, -0.2) is 0 Å². The summed E-state index contributed by atoms with van der Waals surface area (Å²) in [7, 11) is 0. The van der Waals surface area contributed by atoms with Gasteiger partial charge in [0.1, 0.15) is 0 Å². The van der Waals surface area contributed by atoms with Gasteiger partial charge in [-0.1, -0.05) is 42.3 Å². The first-order valence-electron chi connectivity index (χ1n) is 5.45. The smallest absolute Gasteiger partial charge is 0.0934 e. The molecular weight excluding hydrogens is 273 g/mol. The van der Waals surface area contributed by atoms with Gasteiger partial charge in [-0.2, -0.15) is 0 Å². The second kappa shape index (κ2) is 5.87. The highest BCUT2D eigenvalue weighted by Crippen LogP contribution is 2.33. The topological polar surface area (TPSA) is 12.0 Å². The van der Waals surface area contributed by atoms with Gasteiger partial charge in [-0.15, -0.1) is 11.3 Å². The van der Waals surface area contributed by atoms with Crippen LogP contribution in [0.1, 0.15) is 12.5 Å². The summed E-state index contributed by atoms with van der Waals surface area (Å²) >= 11 is 13.7. The molecule has 0 unspecified atom stereocenters. The van der Waals surface area contributed by atoms with E-state index in [0.717, 1.165) is 38.5 Å². The van der Waals surface area contributed by atoms with Crippen molar-refractivity contribution >= 4 is 34.5 Å². The lowest BCUT2D eigenvalue weighted by Crippen LogP contribution is -2.11. The molecule has 0 atom stereocenters. The first-order chi connectivity index (χ1) is 8.20. The maximum absolute atomic E-state index is 6.25. The normalized spacial score (nSPS) is 10.8. The third-order valence-electron chi connectivity index (χ3n) is 2.48. The molecule has 0 amide bonds. The predicted molar refractivity (Wildman–Crippen MR) is 77.2 cm³/mol. The van der Waals surface area contributed by atoms with Crippen LogP contribution in [0, 0.1) is 0 Å². The van der Waals surface area contributed by atoms with Crippen LogP contribution in [0.4, 0.5) is 0 Å². The van der Waals surface area contributed by atoms with Crippen LogP contribution in [-0.2, 0) is 6.54 Å². The molecule has 4 heteroatoms. The summed E-state index contributed by atoms with van der Waals surface area (Å²) in [5, 5.41) is 4.06. The fourth-order valence-electron chi connectivity index (χ4n) is 1.57. The summed E-state index contributed by atoms with van der Waals surface area (Å²) in [5.74, 6) is 0. The zero-order chi connectivity index (χ0) is 12.3. The van der Waals surface area contributed by atoms with Crippen molar-refractivity contribution in [2.24, 2.45) is 0 Å². The van der Waals surface area contributed by atoms with E-state index >= 15 is 0 Å². The van der Waals surface area contributed by atoms with Gasteiger partial charge in [0.25, 0.3) is 0 Å². The van der Waals surface area contributed by atoms with Crippen LogP contribution in [0.5, 0.6) is 0 Å². The van der Waals surface area contributed by atoms with Crippen molar-refractivity contribution in [3.05, 3.63) is 45.3 Å². The standard InChI is InChI=1S/C13H13Cl2NS/c1-2-16-8-10-4-3-9(7-11(10)14)12-5-6-13(15)17-12/h3-7,16H,2,8H2,1H3. The number of hydrogen-bond donors (Lipinski definition) is 1. The average Bonchev–Trinajstić information content (AvgIpc) is 2.74. The molecule has 0 aliphatic heterocycles. The zero-order valence-electron chi connectivity index (χ0n) is 9.47. The van der Waals surface area contributed by atoms with Crippen LogP contribution in [0.2, 0.25) is 9.36 Å². The van der Waals surface area contributed by atoms with Crippen LogP contribution < -0.4 is 5.32 Å². The van der Waals surface area contributed by atoms with E-state index in [4.69, 9.17) is 23.2 Å². The Bertz CT molecular complexity index is 508. The number of benzene rings is 1. The van der Waals surface area contributed by atoms with Crippen molar-refractivity contribution in [3.63, 3.8) is 0 Å². The van der Waals surface area contributed by atoms with Gasteiger partial charge in [0, 0.05) is 16.4 Å². The molecule has 17 heavy (non-hydrogen) atoms. The van der Waals surface area contributed by atoms with Crippen molar-refractivity contribution in [3.8, 4) is 10.4 Å². The lowest BCUT2D eigenvalue weighted by molar-refractivity contribution is 0.727.